The molecular weight excluding hydrogens is 396 g/mol. The molecule has 1 aliphatic heterocycles. The lowest BCUT2D eigenvalue weighted by atomic mass is 10.2. The molecule has 9 nitrogen and oxygen atoms in total. The highest BCUT2D eigenvalue weighted by molar-refractivity contribution is 7.13. The molecule has 0 bridgehead atoms. The molecule has 0 spiro atoms. The maximum atomic E-state index is 12.5. The van der Waals surface area contributed by atoms with Gasteiger partial charge in [-0.1, -0.05) is 0 Å². The smallest absolute Gasteiger partial charge is 0.296 e. The van der Waals surface area contributed by atoms with Gasteiger partial charge in [0.25, 0.3) is 11.6 Å². The Morgan fingerprint density at radius 2 is 1.93 bits per heavy atom. The Morgan fingerprint density at radius 1 is 1.21 bits per heavy atom. The molecule has 2 heterocycles. The first-order valence-electron chi connectivity index (χ1n) is 9.07. The topological polar surface area (TPSA) is 105 Å². The Balaban J connectivity index is 1.54. The fraction of sp³-hybridized carbons (Fsp3) is 0.368. The summed E-state index contributed by atoms with van der Waals surface area (Å²) in [6.07, 6.45) is 0. The monoisotopic (exact) mass is 418 g/mol. The van der Waals surface area contributed by atoms with Gasteiger partial charge in [0, 0.05) is 31.1 Å². The van der Waals surface area contributed by atoms with E-state index in [0.717, 1.165) is 9.75 Å². The van der Waals surface area contributed by atoms with Gasteiger partial charge in [-0.15, -0.1) is 11.3 Å². The van der Waals surface area contributed by atoms with Crippen LogP contribution in [0.25, 0.3) is 0 Å². The molecule has 1 aromatic carbocycles. The summed E-state index contributed by atoms with van der Waals surface area (Å²) in [5, 5.41) is 13.8. The summed E-state index contributed by atoms with van der Waals surface area (Å²) in [5.74, 6) is 0.0180. The summed E-state index contributed by atoms with van der Waals surface area (Å²) < 4.78 is 4.99. The molecule has 1 aliphatic rings. The van der Waals surface area contributed by atoms with Crippen LogP contribution in [-0.2, 0) is 4.79 Å². The summed E-state index contributed by atoms with van der Waals surface area (Å²) >= 11 is 1.48. The minimum absolute atomic E-state index is 0.0149. The zero-order valence-electron chi connectivity index (χ0n) is 16.2. The number of hydrogen-bond acceptors (Lipinski definition) is 7. The van der Waals surface area contributed by atoms with E-state index in [1.165, 1.54) is 30.6 Å². The molecule has 0 aliphatic carbocycles. The molecule has 2 aromatic rings. The lowest BCUT2D eigenvalue weighted by Crippen LogP contribution is -2.50. The average molecular weight is 418 g/mol. The quantitative estimate of drug-likeness (QED) is 0.570. The van der Waals surface area contributed by atoms with Crippen molar-refractivity contribution in [1.29, 1.82) is 0 Å². The SMILES string of the molecule is COc1ccc(NC(=O)CN2CCN(C(=O)c3ccc(C)s3)CC2)c([N+](=O)[O-])c1. The molecule has 0 atom stereocenters. The van der Waals surface area contributed by atoms with Crippen LogP contribution in [0.4, 0.5) is 11.4 Å². The summed E-state index contributed by atoms with van der Waals surface area (Å²) in [4.78, 5) is 41.1. The fourth-order valence-corrected chi connectivity index (χ4v) is 3.94. The van der Waals surface area contributed by atoms with Gasteiger partial charge >= 0.3 is 0 Å². The average Bonchev–Trinajstić information content (AvgIpc) is 3.14. The third-order valence-electron chi connectivity index (χ3n) is 4.65. The molecule has 0 saturated carbocycles. The first-order valence-corrected chi connectivity index (χ1v) is 9.89. The van der Waals surface area contributed by atoms with E-state index >= 15 is 0 Å². The zero-order chi connectivity index (χ0) is 21.0. The van der Waals surface area contributed by atoms with Gasteiger partial charge in [0.1, 0.15) is 11.4 Å². The number of carbonyl (C=O) groups is 2. The van der Waals surface area contributed by atoms with Crippen molar-refractivity contribution in [3.63, 3.8) is 0 Å². The molecule has 10 heteroatoms. The van der Waals surface area contributed by atoms with Crippen molar-refractivity contribution in [2.75, 3.05) is 45.2 Å². The van der Waals surface area contributed by atoms with E-state index in [1.54, 1.807) is 11.0 Å². The predicted octanol–water partition coefficient (Wildman–Crippen LogP) is 2.37. The highest BCUT2D eigenvalue weighted by Gasteiger charge is 2.25. The van der Waals surface area contributed by atoms with Crippen LogP contribution in [0.1, 0.15) is 14.5 Å². The van der Waals surface area contributed by atoms with E-state index in [4.69, 9.17) is 4.74 Å². The molecule has 29 heavy (non-hydrogen) atoms. The number of nitro benzene ring substituents is 1. The van der Waals surface area contributed by atoms with Crippen molar-refractivity contribution in [2.24, 2.45) is 0 Å². The highest BCUT2D eigenvalue weighted by Crippen LogP contribution is 2.29. The van der Waals surface area contributed by atoms with E-state index in [2.05, 4.69) is 5.32 Å². The van der Waals surface area contributed by atoms with E-state index in [0.29, 0.717) is 31.9 Å². The second-order valence-electron chi connectivity index (χ2n) is 6.67. The number of aryl methyl sites for hydroxylation is 1. The lowest BCUT2D eigenvalue weighted by Gasteiger charge is -2.34. The van der Waals surface area contributed by atoms with Crippen LogP contribution in [-0.4, -0.2) is 66.4 Å². The van der Waals surface area contributed by atoms with Crippen LogP contribution in [0.3, 0.4) is 0 Å². The summed E-state index contributed by atoms with van der Waals surface area (Å²) in [6.45, 7) is 4.26. The zero-order valence-corrected chi connectivity index (χ0v) is 17.0. The van der Waals surface area contributed by atoms with Crippen molar-refractivity contribution < 1.29 is 19.2 Å². The number of methoxy groups -OCH3 is 1. The number of thiophene rings is 1. The Kier molecular flexibility index (Phi) is 6.45. The second kappa shape index (κ2) is 9.01. The summed E-state index contributed by atoms with van der Waals surface area (Å²) in [6, 6.07) is 8.04. The number of hydrogen-bond donors (Lipinski definition) is 1. The van der Waals surface area contributed by atoms with Crippen molar-refractivity contribution in [3.8, 4) is 5.75 Å². The molecule has 2 amide bonds. The van der Waals surface area contributed by atoms with Crippen molar-refractivity contribution in [3.05, 3.63) is 50.2 Å². The second-order valence-corrected chi connectivity index (χ2v) is 7.95. The van der Waals surface area contributed by atoms with Crippen LogP contribution in [0.15, 0.2) is 30.3 Å². The highest BCUT2D eigenvalue weighted by atomic mass is 32.1. The number of anilines is 1. The molecule has 1 aromatic heterocycles. The maximum Gasteiger partial charge on any atom is 0.296 e. The fourth-order valence-electron chi connectivity index (χ4n) is 3.10. The first kappa shape index (κ1) is 20.7. The Hall–Kier alpha value is -2.98. The minimum Gasteiger partial charge on any atom is -0.496 e. The van der Waals surface area contributed by atoms with E-state index in [9.17, 15) is 19.7 Å². The third-order valence-corrected chi connectivity index (χ3v) is 5.64. The third kappa shape index (κ3) is 5.09. The lowest BCUT2D eigenvalue weighted by molar-refractivity contribution is -0.384. The van der Waals surface area contributed by atoms with Crippen molar-refractivity contribution in [2.45, 2.75) is 6.92 Å². The molecule has 3 rings (SSSR count). The van der Waals surface area contributed by atoms with Gasteiger partial charge in [0.2, 0.25) is 5.91 Å². The normalized spacial score (nSPS) is 14.5. The number of piperazine rings is 1. The van der Waals surface area contributed by atoms with Crippen LogP contribution in [0.2, 0.25) is 0 Å². The number of amides is 2. The minimum atomic E-state index is -0.561. The van der Waals surface area contributed by atoms with Gasteiger partial charge in [-0.25, -0.2) is 0 Å². The molecule has 1 saturated heterocycles. The van der Waals surface area contributed by atoms with Gasteiger partial charge in [0.15, 0.2) is 0 Å². The number of benzene rings is 1. The van der Waals surface area contributed by atoms with Gasteiger partial charge in [-0.2, -0.15) is 0 Å². The number of rotatable bonds is 6. The maximum absolute atomic E-state index is 12.5. The van der Waals surface area contributed by atoms with Crippen LogP contribution < -0.4 is 10.1 Å². The number of nitro groups is 1. The van der Waals surface area contributed by atoms with Gasteiger partial charge in [-0.3, -0.25) is 24.6 Å². The van der Waals surface area contributed by atoms with Crippen LogP contribution >= 0.6 is 11.3 Å². The number of nitrogens with one attached hydrogen (secondary N) is 1. The van der Waals surface area contributed by atoms with E-state index in [1.807, 2.05) is 24.0 Å². The molecule has 154 valence electrons. The van der Waals surface area contributed by atoms with Crippen LogP contribution in [0, 0.1) is 17.0 Å². The molecule has 0 unspecified atom stereocenters. The summed E-state index contributed by atoms with van der Waals surface area (Å²) in [5.41, 5.74) is -0.0953. The predicted molar refractivity (Wildman–Crippen MR) is 110 cm³/mol. The molecule has 0 radical (unpaired) electrons. The van der Waals surface area contributed by atoms with Gasteiger partial charge in [-0.05, 0) is 31.2 Å². The van der Waals surface area contributed by atoms with Crippen LogP contribution in [0.5, 0.6) is 5.75 Å². The van der Waals surface area contributed by atoms with Crippen molar-refractivity contribution >= 4 is 34.5 Å². The first-order chi connectivity index (χ1) is 13.9. The van der Waals surface area contributed by atoms with E-state index in [-0.39, 0.29) is 29.7 Å². The standard InChI is InChI=1S/C19H22N4O5S/c1-13-3-6-17(29-13)19(25)22-9-7-21(8-10-22)12-18(24)20-15-5-4-14(28-2)11-16(15)23(26)27/h3-6,11H,7-10,12H2,1-2H3,(H,20,24). The van der Waals surface area contributed by atoms with E-state index < -0.39 is 4.92 Å². The number of nitrogens with zero attached hydrogens (tertiary/aromatic N) is 3. The Labute approximate surface area is 172 Å². The number of ether oxygens (including phenoxy) is 1. The number of carbonyl (C=O) groups excluding carboxylic acids is 2. The summed E-state index contributed by atoms with van der Waals surface area (Å²) in [7, 11) is 1.42. The van der Waals surface area contributed by atoms with Crippen molar-refractivity contribution in [1.82, 2.24) is 9.80 Å². The Morgan fingerprint density at radius 3 is 2.52 bits per heavy atom. The van der Waals surface area contributed by atoms with Gasteiger partial charge < -0.3 is 15.0 Å². The van der Waals surface area contributed by atoms with Gasteiger partial charge in [0.05, 0.1) is 29.5 Å². The molecule has 1 fully saturated rings. The Bertz CT molecular complexity index is 921. The largest absolute Gasteiger partial charge is 0.496 e. The molecular formula is C19H22N4O5S. The molecule has 1 N–H and O–H groups in total.